The summed E-state index contributed by atoms with van der Waals surface area (Å²) < 4.78 is 2.36. The van der Waals surface area contributed by atoms with E-state index in [1.165, 1.54) is 32.1 Å². The van der Waals surface area contributed by atoms with Gasteiger partial charge in [0.25, 0.3) is 0 Å². The predicted octanol–water partition coefficient (Wildman–Crippen LogP) is 3.84. The summed E-state index contributed by atoms with van der Waals surface area (Å²) in [5.74, 6) is 0.854. The summed E-state index contributed by atoms with van der Waals surface area (Å²) in [6.07, 6.45) is 9.49. The molecule has 1 aromatic rings. The summed E-state index contributed by atoms with van der Waals surface area (Å²) in [5, 5.41) is 0. The highest BCUT2D eigenvalue weighted by atomic mass is 32.1. The lowest BCUT2D eigenvalue weighted by Gasteiger charge is -2.18. The Morgan fingerprint density at radius 1 is 1.20 bits per heavy atom. The number of nitrogens with zero attached hydrogens (tertiary/aromatic N) is 1. The highest BCUT2D eigenvalue weighted by Crippen LogP contribution is 2.34. The van der Waals surface area contributed by atoms with Crippen molar-refractivity contribution in [3.05, 3.63) is 16.6 Å². The molecule has 1 aliphatic rings. The molecule has 2 heteroatoms. The Balaban J connectivity index is 2.12. The first-order valence-corrected chi connectivity index (χ1v) is 6.95. The zero-order valence-electron chi connectivity index (χ0n) is 10.1. The van der Waals surface area contributed by atoms with Gasteiger partial charge < -0.3 is 0 Å². The lowest BCUT2D eigenvalue weighted by molar-refractivity contribution is -0.750. The lowest BCUT2D eigenvalue weighted by atomic mass is 9.88. The van der Waals surface area contributed by atoms with Gasteiger partial charge in [0, 0.05) is 20.8 Å². The van der Waals surface area contributed by atoms with Gasteiger partial charge in [-0.3, -0.25) is 0 Å². The molecule has 1 aromatic heterocycles. The molecular weight excluding hydrogens is 202 g/mol. The number of hydrogen-bond acceptors (Lipinski definition) is 1. The largest absolute Gasteiger partial charge is 0.225 e. The van der Waals surface area contributed by atoms with Gasteiger partial charge in [-0.15, -0.1) is 0 Å². The molecule has 0 atom stereocenters. The monoisotopic (exact) mass is 224 g/mol. The molecule has 1 saturated carbocycles. The second kappa shape index (κ2) is 4.25. The Morgan fingerprint density at radius 2 is 1.87 bits per heavy atom. The van der Waals surface area contributed by atoms with Crippen molar-refractivity contribution in [3.63, 3.8) is 0 Å². The van der Waals surface area contributed by atoms with E-state index in [0.29, 0.717) is 0 Å². The third kappa shape index (κ3) is 2.60. The molecule has 0 radical (unpaired) electrons. The molecule has 0 amide bonds. The highest BCUT2D eigenvalue weighted by molar-refractivity contribution is 7.09. The summed E-state index contributed by atoms with van der Waals surface area (Å²) in [5.41, 5.74) is 2.52. The fourth-order valence-corrected chi connectivity index (χ4v) is 3.47. The predicted molar refractivity (Wildman–Crippen MR) is 65.3 cm³/mol. The van der Waals surface area contributed by atoms with Crippen LogP contribution in [-0.2, 0) is 5.54 Å². The van der Waals surface area contributed by atoms with Crippen LogP contribution in [0.15, 0.2) is 11.7 Å². The van der Waals surface area contributed by atoms with Crippen molar-refractivity contribution in [1.29, 1.82) is 0 Å². The fraction of sp³-hybridized carbons (Fsp3) is 0.769. The molecule has 0 aromatic carbocycles. The summed E-state index contributed by atoms with van der Waals surface area (Å²) >= 11 is 1.95. The molecule has 0 unspecified atom stereocenters. The second-order valence-corrected chi connectivity index (χ2v) is 6.59. The van der Waals surface area contributed by atoms with Crippen LogP contribution in [0.5, 0.6) is 0 Å². The van der Waals surface area contributed by atoms with Crippen molar-refractivity contribution in [2.45, 2.75) is 64.3 Å². The van der Waals surface area contributed by atoms with Crippen molar-refractivity contribution in [3.8, 4) is 0 Å². The van der Waals surface area contributed by atoms with Gasteiger partial charge in [-0.1, -0.05) is 30.6 Å². The normalized spacial score (nSPS) is 19.4. The van der Waals surface area contributed by atoms with Crippen LogP contribution in [0, 0.1) is 0 Å². The molecule has 1 heterocycles. The van der Waals surface area contributed by atoms with E-state index in [0.717, 1.165) is 5.92 Å². The first-order valence-electron chi connectivity index (χ1n) is 6.07. The molecule has 15 heavy (non-hydrogen) atoms. The smallest absolute Gasteiger partial charge is 0.191 e. The van der Waals surface area contributed by atoms with Gasteiger partial charge in [0.2, 0.25) is 5.51 Å². The number of thiazole rings is 1. The van der Waals surface area contributed by atoms with Gasteiger partial charge >= 0.3 is 0 Å². The van der Waals surface area contributed by atoms with Crippen LogP contribution in [0.2, 0.25) is 0 Å². The van der Waals surface area contributed by atoms with Crippen molar-refractivity contribution in [2.75, 3.05) is 0 Å². The van der Waals surface area contributed by atoms with E-state index in [1.807, 2.05) is 11.3 Å². The quantitative estimate of drug-likeness (QED) is 0.638. The molecule has 0 bridgehead atoms. The molecule has 84 valence electrons. The summed E-state index contributed by atoms with van der Waals surface area (Å²) in [4.78, 5) is 1.60. The summed E-state index contributed by atoms with van der Waals surface area (Å²) in [7, 11) is 0. The summed E-state index contributed by atoms with van der Waals surface area (Å²) in [6.45, 7) is 6.80. The minimum atomic E-state index is 0.240. The van der Waals surface area contributed by atoms with Crippen LogP contribution < -0.4 is 4.57 Å². The third-order valence-corrected chi connectivity index (χ3v) is 4.39. The van der Waals surface area contributed by atoms with Crippen LogP contribution in [-0.4, -0.2) is 0 Å². The van der Waals surface area contributed by atoms with Gasteiger partial charge in [-0.2, -0.15) is 4.57 Å². The van der Waals surface area contributed by atoms with Crippen LogP contribution in [0.4, 0.5) is 0 Å². The van der Waals surface area contributed by atoms with E-state index < -0.39 is 0 Å². The maximum Gasteiger partial charge on any atom is 0.225 e. The number of aromatic nitrogens is 1. The van der Waals surface area contributed by atoms with Crippen molar-refractivity contribution in [1.82, 2.24) is 0 Å². The molecule has 1 fully saturated rings. The van der Waals surface area contributed by atoms with E-state index in [9.17, 15) is 0 Å². The SMILES string of the molecule is CC(C)(C)[n+]1csc(C2CCCCC2)c1. The van der Waals surface area contributed by atoms with Crippen LogP contribution in [0.3, 0.4) is 0 Å². The number of rotatable bonds is 1. The zero-order chi connectivity index (χ0) is 10.9. The van der Waals surface area contributed by atoms with Crippen LogP contribution >= 0.6 is 11.3 Å². The molecule has 0 aliphatic heterocycles. The molecule has 2 rings (SSSR count). The van der Waals surface area contributed by atoms with Gasteiger partial charge in [-0.05, 0) is 18.8 Å². The van der Waals surface area contributed by atoms with E-state index in [2.05, 4.69) is 37.0 Å². The average molecular weight is 224 g/mol. The Bertz CT molecular complexity index is 316. The van der Waals surface area contributed by atoms with Gasteiger partial charge in [0.15, 0.2) is 11.7 Å². The first kappa shape index (κ1) is 11.1. The number of hydrogen-bond donors (Lipinski definition) is 0. The average Bonchev–Trinajstić information content (AvgIpc) is 2.67. The Labute approximate surface area is 97.1 Å². The molecule has 0 spiro atoms. The lowest BCUT2D eigenvalue weighted by Crippen LogP contribution is -2.48. The molecule has 0 saturated heterocycles. The van der Waals surface area contributed by atoms with Crippen molar-refractivity contribution < 1.29 is 4.57 Å². The Hall–Kier alpha value is -0.370. The van der Waals surface area contributed by atoms with Crippen molar-refractivity contribution in [2.24, 2.45) is 0 Å². The molecule has 0 N–H and O–H groups in total. The van der Waals surface area contributed by atoms with E-state index in [4.69, 9.17) is 0 Å². The standard InChI is InChI=1S/C13H22NS/c1-13(2,3)14-9-12(15-10-14)11-7-5-4-6-8-11/h9-11H,4-8H2,1-3H3/q+1. The maximum absolute atomic E-state index is 2.38. The Kier molecular flexibility index (Phi) is 3.15. The van der Waals surface area contributed by atoms with Gasteiger partial charge in [0.1, 0.15) is 0 Å². The van der Waals surface area contributed by atoms with Gasteiger partial charge in [0.05, 0.1) is 4.88 Å². The van der Waals surface area contributed by atoms with E-state index in [-0.39, 0.29) is 5.54 Å². The van der Waals surface area contributed by atoms with E-state index >= 15 is 0 Å². The fourth-order valence-electron chi connectivity index (χ4n) is 2.26. The first-order chi connectivity index (χ1) is 7.07. The van der Waals surface area contributed by atoms with Crippen LogP contribution in [0.25, 0.3) is 0 Å². The van der Waals surface area contributed by atoms with Crippen molar-refractivity contribution >= 4 is 11.3 Å². The highest BCUT2D eigenvalue weighted by Gasteiger charge is 2.26. The topological polar surface area (TPSA) is 3.88 Å². The Morgan fingerprint density at radius 3 is 2.40 bits per heavy atom. The zero-order valence-corrected chi connectivity index (χ0v) is 10.9. The van der Waals surface area contributed by atoms with E-state index in [1.54, 1.807) is 4.88 Å². The molecule has 1 aliphatic carbocycles. The maximum atomic E-state index is 2.38. The molecule has 1 nitrogen and oxygen atoms in total. The van der Waals surface area contributed by atoms with Crippen LogP contribution in [0.1, 0.15) is 63.7 Å². The van der Waals surface area contributed by atoms with Gasteiger partial charge in [-0.25, -0.2) is 0 Å². The third-order valence-electron chi connectivity index (χ3n) is 3.35. The molecular formula is C13H22NS+. The minimum Gasteiger partial charge on any atom is -0.191 e. The minimum absolute atomic E-state index is 0.240. The second-order valence-electron chi connectivity index (χ2n) is 5.67. The summed E-state index contributed by atoms with van der Waals surface area (Å²) in [6, 6.07) is 0.